The first-order valence-electron chi connectivity index (χ1n) is 8.58. The van der Waals surface area contributed by atoms with E-state index in [0.29, 0.717) is 11.1 Å². The van der Waals surface area contributed by atoms with Gasteiger partial charge in [-0.05, 0) is 36.8 Å². The summed E-state index contributed by atoms with van der Waals surface area (Å²) in [5.74, 6) is -0.793. The van der Waals surface area contributed by atoms with Gasteiger partial charge < -0.3 is 14.3 Å². The van der Waals surface area contributed by atoms with E-state index in [1.54, 1.807) is 36.8 Å². The first-order chi connectivity index (χ1) is 13.1. The second-order valence-corrected chi connectivity index (χ2v) is 6.27. The number of benzene rings is 2. The van der Waals surface area contributed by atoms with Crippen LogP contribution in [0.25, 0.3) is 16.8 Å². The highest BCUT2D eigenvalue weighted by atomic mass is 16.4. The highest BCUT2D eigenvalue weighted by molar-refractivity contribution is 5.79. The third kappa shape index (κ3) is 3.39. The Kier molecular flexibility index (Phi) is 4.33. The number of rotatable bonds is 5. The van der Waals surface area contributed by atoms with Crippen molar-refractivity contribution in [1.29, 1.82) is 0 Å². The molecule has 0 spiro atoms. The molecule has 0 bridgehead atoms. The fourth-order valence-corrected chi connectivity index (χ4v) is 3.02. The van der Waals surface area contributed by atoms with E-state index in [9.17, 15) is 9.59 Å². The van der Waals surface area contributed by atoms with E-state index in [-0.39, 0.29) is 18.5 Å². The van der Waals surface area contributed by atoms with Gasteiger partial charge in [0, 0.05) is 18.1 Å². The molecule has 0 aliphatic heterocycles. The van der Waals surface area contributed by atoms with Crippen molar-refractivity contribution in [2.45, 2.75) is 19.5 Å². The zero-order valence-corrected chi connectivity index (χ0v) is 14.7. The summed E-state index contributed by atoms with van der Waals surface area (Å²) in [6.07, 6.45) is 5.32. The molecule has 2 aromatic heterocycles. The fourth-order valence-electron chi connectivity index (χ4n) is 3.02. The molecule has 2 aromatic carbocycles. The number of amides is 1. The van der Waals surface area contributed by atoms with E-state index in [1.807, 2.05) is 42.0 Å². The molecule has 0 aliphatic carbocycles. The minimum Gasteiger partial charge on any atom is -0.408 e. The van der Waals surface area contributed by atoms with Crippen molar-refractivity contribution in [2.24, 2.45) is 0 Å². The SMILES string of the molecule is CC(NC(=O)Cn1c(=O)oc2ccccc21)c1ccc(-n2ccnc2)cc1. The maximum atomic E-state index is 12.4. The number of carbonyl (C=O) groups is 1. The molecule has 1 N–H and O–H groups in total. The summed E-state index contributed by atoms with van der Waals surface area (Å²) in [7, 11) is 0. The zero-order valence-electron chi connectivity index (χ0n) is 14.7. The third-order valence-corrected chi connectivity index (χ3v) is 4.45. The molecule has 136 valence electrons. The number of hydrogen-bond acceptors (Lipinski definition) is 4. The number of nitrogens with one attached hydrogen (secondary N) is 1. The summed E-state index contributed by atoms with van der Waals surface area (Å²) in [5, 5.41) is 2.92. The number of hydrogen-bond donors (Lipinski definition) is 1. The molecule has 1 unspecified atom stereocenters. The highest BCUT2D eigenvalue weighted by Crippen LogP contribution is 2.16. The molecule has 0 saturated heterocycles. The minimum atomic E-state index is -0.538. The predicted molar refractivity (Wildman–Crippen MR) is 101 cm³/mol. The van der Waals surface area contributed by atoms with Crippen LogP contribution in [0.1, 0.15) is 18.5 Å². The smallest absolute Gasteiger partial charge is 0.408 e. The molecule has 27 heavy (non-hydrogen) atoms. The predicted octanol–water partition coefficient (Wildman–Crippen LogP) is 2.66. The number of oxazole rings is 1. The Balaban J connectivity index is 1.46. The Hall–Kier alpha value is -3.61. The summed E-state index contributed by atoms with van der Waals surface area (Å²) in [6.45, 7) is 1.81. The quantitative estimate of drug-likeness (QED) is 0.592. The maximum absolute atomic E-state index is 12.4. The van der Waals surface area contributed by atoms with E-state index in [0.717, 1.165) is 11.3 Å². The van der Waals surface area contributed by atoms with Crippen LogP contribution in [0, 0.1) is 0 Å². The number of imidazole rings is 1. The van der Waals surface area contributed by atoms with Gasteiger partial charge in [0.05, 0.1) is 17.9 Å². The van der Waals surface area contributed by atoms with Gasteiger partial charge in [0.2, 0.25) is 5.91 Å². The first kappa shape index (κ1) is 16.8. The van der Waals surface area contributed by atoms with Crippen molar-refractivity contribution >= 4 is 17.0 Å². The Morgan fingerprint density at radius 1 is 1.19 bits per heavy atom. The molecule has 0 saturated carbocycles. The number of nitrogens with zero attached hydrogens (tertiary/aromatic N) is 3. The van der Waals surface area contributed by atoms with Crippen molar-refractivity contribution in [1.82, 2.24) is 19.4 Å². The van der Waals surface area contributed by atoms with Crippen LogP contribution >= 0.6 is 0 Å². The molecular weight excluding hydrogens is 344 g/mol. The molecule has 0 aliphatic rings. The van der Waals surface area contributed by atoms with Crippen LogP contribution in [0.4, 0.5) is 0 Å². The summed E-state index contributed by atoms with van der Waals surface area (Å²) in [4.78, 5) is 28.4. The van der Waals surface area contributed by atoms with Gasteiger partial charge in [0.15, 0.2) is 5.58 Å². The topological polar surface area (TPSA) is 82.1 Å². The van der Waals surface area contributed by atoms with Crippen molar-refractivity contribution in [2.75, 3.05) is 0 Å². The standard InChI is InChI=1S/C20H18N4O3/c1-14(15-6-8-16(9-7-15)23-11-10-21-13-23)22-19(25)12-24-17-4-2-3-5-18(17)27-20(24)26/h2-11,13-14H,12H2,1H3,(H,22,25). The van der Waals surface area contributed by atoms with Gasteiger partial charge in [-0.1, -0.05) is 24.3 Å². The van der Waals surface area contributed by atoms with Gasteiger partial charge in [-0.2, -0.15) is 0 Å². The molecule has 2 heterocycles. The lowest BCUT2D eigenvalue weighted by Crippen LogP contribution is -2.32. The van der Waals surface area contributed by atoms with Crippen LogP contribution in [0.5, 0.6) is 0 Å². The average molecular weight is 362 g/mol. The number of carbonyl (C=O) groups excluding carboxylic acids is 1. The molecular formula is C20H18N4O3. The van der Waals surface area contributed by atoms with Gasteiger partial charge in [0.25, 0.3) is 0 Å². The molecule has 4 aromatic rings. The summed E-state index contributed by atoms with van der Waals surface area (Å²) < 4.78 is 8.40. The molecule has 1 amide bonds. The lowest BCUT2D eigenvalue weighted by atomic mass is 10.1. The monoisotopic (exact) mass is 362 g/mol. The summed E-state index contributed by atoms with van der Waals surface area (Å²) in [6, 6.07) is 14.7. The third-order valence-electron chi connectivity index (χ3n) is 4.45. The van der Waals surface area contributed by atoms with Gasteiger partial charge in [-0.25, -0.2) is 9.78 Å². The number of fused-ring (bicyclic) bond motifs is 1. The van der Waals surface area contributed by atoms with Crippen LogP contribution in [0.2, 0.25) is 0 Å². The van der Waals surface area contributed by atoms with E-state index in [4.69, 9.17) is 4.42 Å². The van der Waals surface area contributed by atoms with Crippen LogP contribution in [0.15, 0.2) is 76.5 Å². The highest BCUT2D eigenvalue weighted by Gasteiger charge is 2.14. The Bertz CT molecular complexity index is 1120. The Morgan fingerprint density at radius 3 is 2.70 bits per heavy atom. The van der Waals surface area contributed by atoms with E-state index in [1.165, 1.54) is 4.57 Å². The number of para-hydroxylation sites is 2. The first-order valence-corrected chi connectivity index (χ1v) is 8.58. The van der Waals surface area contributed by atoms with Gasteiger partial charge in [-0.3, -0.25) is 9.36 Å². The van der Waals surface area contributed by atoms with Crippen molar-refractivity contribution < 1.29 is 9.21 Å². The lowest BCUT2D eigenvalue weighted by molar-refractivity contribution is -0.122. The van der Waals surface area contributed by atoms with Gasteiger partial charge in [-0.15, -0.1) is 0 Å². The van der Waals surface area contributed by atoms with Crippen LogP contribution in [-0.4, -0.2) is 20.0 Å². The second-order valence-electron chi connectivity index (χ2n) is 6.27. The van der Waals surface area contributed by atoms with Gasteiger partial charge in [0.1, 0.15) is 6.54 Å². The van der Waals surface area contributed by atoms with E-state index < -0.39 is 5.76 Å². The Labute approximate surface area is 154 Å². The Morgan fingerprint density at radius 2 is 1.96 bits per heavy atom. The van der Waals surface area contributed by atoms with Gasteiger partial charge >= 0.3 is 5.76 Å². The van der Waals surface area contributed by atoms with Crippen LogP contribution < -0.4 is 11.1 Å². The summed E-state index contributed by atoms with van der Waals surface area (Å²) >= 11 is 0. The van der Waals surface area contributed by atoms with E-state index >= 15 is 0 Å². The fraction of sp³-hybridized carbons (Fsp3) is 0.150. The van der Waals surface area contributed by atoms with Crippen LogP contribution in [0.3, 0.4) is 0 Å². The lowest BCUT2D eigenvalue weighted by Gasteiger charge is -2.15. The van der Waals surface area contributed by atoms with Crippen molar-refractivity contribution in [3.8, 4) is 5.69 Å². The summed E-state index contributed by atoms with van der Waals surface area (Å²) in [5.41, 5.74) is 3.04. The zero-order chi connectivity index (χ0) is 18.8. The number of aromatic nitrogens is 3. The molecule has 7 nitrogen and oxygen atoms in total. The largest absolute Gasteiger partial charge is 0.420 e. The van der Waals surface area contributed by atoms with Crippen molar-refractivity contribution in [3.63, 3.8) is 0 Å². The van der Waals surface area contributed by atoms with Crippen LogP contribution in [-0.2, 0) is 11.3 Å². The second kappa shape index (κ2) is 6.95. The average Bonchev–Trinajstić information content (AvgIpc) is 3.31. The molecule has 0 radical (unpaired) electrons. The minimum absolute atomic E-state index is 0.0900. The molecule has 7 heteroatoms. The molecule has 1 atom stereocenters. The maximum Gasteiger partial charge on any atom is 0.420 e. The van der Waals surface area contributed by atoms with E-state index in [2.05, 4.69) is 10.3 Å². The molecule has 4 rings (SSSR count). The van der Waals surface area contributed by atoms with Crippen molar-refractivity contribution in [3.05, 3.63) is 83.4 Å². The molecule has 0 fully saturated rings. The normalized spacial score (nSPS) is 12.2.